The first kappa shape index (κ1) is 30.8. The Morgan fingerprint density at radius 2 is 1.72 bits per heavy atom. The van der Waals surface area contributed by atoms with Crippen molar-refractivity contribution in [3.05, 3.63) is 83.9 Å². The molecule has 0 spiro atoms. The molecule has 2 aliphatic rings. The first-order valence-electron chi connectivity index (χ1n) is 15.7. The van der Waals surface area contributed by atoms with Crippen molar-refractivity contribution in [2.45, 2.75) is 64.6 Å². The standard InChI is InChI=1S/C36H45N3O4/c1-25-21-39(26(2)24-40)36(42)32-20-31(37-35(41)30-12-8-5-9-13-30)18-19-33(32)43-34(25)23-38(3)22-27-14-16-29(17-15-27)28-10-6-4-7-11-28/h4,6-7,10-11,14-20,25-26,30,34,40H,5,8-9,12-13,21-24H2,1-3H3,(H,37,41)/t25-,26-,34-/m0/s1. The highest BCUT2D eigenvalue weighted by atomic mass is 16.5. The van der Waals surface area contributed by atoms with Crippen molar-refractivity contribution in [3.63, 3.8) is 0 Å². The second-order valence-corrected chi connectivity index (χ2v) is 12.4. The third-order valence-corrected chi connectivity index (χ3v) is 8.91. The quantitative estimate of drug-likeness (QED) is 0.312. The molecular formula is C36H45N3O4. The minimum absolute atomic E-state index is 0.0175. The number of carbonyl (C=O) groups is 2. The highest BCUT2D eigenvalue weighted by Gasteiger charge is 2.34. The summed E-state index contributed by atoms with van der Waals surface area (Å²) in [4.78, 5) is 30.7. The molecule has 0 radical (unpaired) electrons. The lowest BCUT2D eigenvalue weighted by Gasteiger charge is -2.38. The Hall–Kier alpha value is -3.68. The Kier molecular flexibility index (Phi) is 10.2. The van der Waals surface area contributed by atoms with Gasteiger partial charge in [0.25, 0.3) is 5.91 Å². The number of benzene rings is 3. The molecule has 2 amide bonds. The molecule has 1 fully saturated rings. The molecule has 1 aliphatic heterocycles. The molecule has 3 aromatic rings. The lowest BCUT2D eigenvalue weighted by Crippen LogP contribution is -2.49. The van der Waals surface area contributed by atoms with Crippen LogP contribution in [0.15, 0.2) is 72.8 Å². The normalized spacial score (nSPS) is 20.1. The molecule has 2 N–H and O–H groups in total. The second-order valence-electron chi connectivity index (χ2n) is 12.4. The number of amides is 2. The summed E-state index contributed by atoms with van der Waals surface area (Å²) in [6.07, 6.45) is 4.97. The van der Waals surface area contributed by atoms with Crippen LogP contribution in [0.3, 0.4) is 0 Å². The SMILES string of the molecule is C[C@H]1CN([C@@H](C)CO)C(=O)c2cc(NC(=O)C3CCCCC3)ccc2O[C@H]1CN(C)Cc1ccc(-c2ccccc2)cc1. The molecule has 0 saturated heterocycles. The molecule has 0 unspecified atom stereocenters. The minimum Gasteiger partial charge on any atom is -0.488 e. The van der Waals surface area contributed by atoms with Gasteiger partial charge in [-0.1, -0.05) is 80.8 Å². The van der Waals surface area contributed by atoms with Crippen LogP contribution in [0.2, 0.25) is 0 Å². The molecule has 0 aromatic heterocycles. The number of hydrogen-bond donors (Lipinski definition) is 2. The molecule has 43 heavy (non-hydrogen) atoms. The number of nitrogens with one attached hydrogen (secondary N) is 1. The molecule has 7 heteroatoms. The van der Waals surface area contributed by atoms with Gasteiger partial charge >= 0.3 is 0 Å². The predicted molar refractivity (Wildman–Crippen MR) is 171 cm³/mol. The van der Waals surface area contributed by atoms with Gasteiger partial charge in [-0.05, 0) is 61.7 Å². The van der Waals surface area contributed by atoms with Crippen molar-refractivity contribution in [1.29, 1.82) is 0 Å². The lowest BCUT2D eigenvalue weighted by atomic mass is 9.88. The van der Waals surface area contributed by atoms with E-state index in [9.17, 15) is 14.7 Å². The van der Waals surface area contributed by atoms with Crippen molar-refractivity contribution < 1.29 is 19.4 Å². The van der Waals surface area contributed by atoms with E-state index < -0.39 is 0 Å². The van der Waals surface area contributed by atoms with Crippen LogP contribution in [0.4, 0.5) is 5.69 Å². The van der Waals surface area contributed by atoms with Gasteiger partial charge < -0.3 is 20.1 Å². The van der Waals surface area contributed by atoms with Crippen LogP contribution in [0, 0.1) is 11.8 Å². The van der Waals surface area contributed by atoms with Crippen molar-refractivity contribution in [1.82, 2.24) is 9.80 Å². The zero-order chi connectivity index (χ0) is 30.3. The molecular weight excluding hydrogens is 538 g/mol. The fraction of sp³-hybridized carbons (Fsp3) is 0.444. The monoisotopic (exact) mass is 583 g/mol. The van der Waals surface area contributed by atoms with E-state index in [1.165, 1.54) is 23.1 Å². The summed E-state index contributed by atoms with van der Waals surface area (Å²) >= 11 is 0. The smallest absolute Gasteiger partial charge is 0.258 e. The summed E-state index contributed by atoms with van der Waals surface area (Å²) in [5, 5.41) is 13.0. The maximum absolute atomic E-state index is 13.8. The van der Waals surface area contributed by atoms with Gasteiger partial charge in [0.2, 0.25) is 5.91 Å². The molecule has 7 nitrogen and oxygen atoms in total. The number of anilines is 1. The number of nitrogens with zero attached hydrogens (tertiary/aromatic N) is 2. The molecule has 3 atom stereocenters. The fourth-order valence-electron chi connectivity index (χ4n) is 6.24. The fourth-order valence-corrected chi connectivity index (χ4v) is 6.24. The third kappa shape index (κ3) is 7.64. The van der Waals surface area contributed by atoms with Crippen LogP contribution in [0.1, 0.15) is 61.9 Å². The predicted octanol–water partition coefficient (Wildman–Crippen LogP) is 6.22. The zero-order valence-electron chi connectivity index (χ0n) is 25.7. The topological polar surface area (TPSA) is 82.1 Å². The van der Waals surface area contributed by atoms with Crippen LogP contribution in [0.25, 0.3) is 11.1 Å². The lowest BCUT2D eigenvalue weighted by molar-refractivity contribution is -0.120. The second kappa shape index (κ2) is 14.2. The van der Waals surface area contributed by atoms with Crippen LogP contribution < -0.4 is 10.1 Å². The third-order valence-electron chi connectivity index (χ3n) is 8.91. The summed E-state index contributed by atoms with van der Waals surface area (Å²) in [6, 6.07) is 24.0. The number of hydrogen-bond acceptors (Lipinski definition) is 5. The number of likely N-dealkylation sites (N-methyl/N-ethyl adjacent to an activating group) is 1. The van der Waals surface area contributed by atoms with Crippen molar-refractivity contribution >= 4 is 17.5 Å². The summed E-state index contributed by atoms with van der Waals surface area (Å²) < 4.78 is 6.58. The maximum Gasteiger partial charge on any atom is 0.258 e. The Balaban J connectivity index is 1.32. The molecule has 1 aliphatic carbocycles. The van der Waals surface area contributed by atoms with E-state index in [2.05, 4.69) is 72.7 Å². The van der Waals surface area contributed by atoms with E-state index in [0.717, 1.165) is 32.2 Å². The van der Waals surface area contributed by atoms with E-state index in [1.54, 1.807) is 17.0 Å². The van der Waals surface area contributed by atoms with Gasteiger partial charge in [0, 0.05) is 37.2 Å². The zero-order valence-corrected chi connectivity index (χ0v) is 25.7. The van der Waals surface area contributed by atoms with Crippen LogP contribution in [-0.4, -0.2) is 65.6 Å². The highest BCUT2D eigenvalue weighted by molar-refractivity contribution is 6.00. The maximum atomic E-state index is 13.8. The van der Waals surface area contributed by atoms with E-state index >= 15 is 0 Å². The Morgan fingerprint density at radius 3 is 2.42 bits per heavy atom. The number of rotatable bonds is 9. The molecule has 1 saturated carbocycles. The average Bonchev–Trinajstić information content (AvgIpc) is 3.03. The first-order chi connectivity index (χ1) is 20.8. The first-order valence-corrected chi connectivity index (χ1v) is 15.7. The van der Waals surface area contributed by atoms with E-state index in [-0.39, 0.29) is 42.4 Å². The highest BCUT2D eigenvalue weighted by Crippen LogP contribution is 2.32. The van der Waals surface area contributed by atoms with Crippen molar-refractivity contribution in [3.8, 4) is 16.9 Å². The Labute approximate surface area is 255 Å². The van der Waals surface area contributed by atoms with Gasteiger partial charge in [-0.2, -0.15) is 0 Å². The summed E-state index contributed by atoms with van der Waals surface area (Å²) in [7, 11) is 2.09. The van der Waals surface area contributed by atoms with Crippen LogP contribution in [-0.2, 0) is 11.3 Å². The van der Waals surface area contributed by atoms with Crippen molar-refractivity contribution in [2.75, 3.05) is 32.1 Å². The number of aliphatic hydroxyl groups excluding tert-OH is 1. The molecule has 0 bridgehead atoms. The molecule has 5 rings (SSSR count). The van der Waals surface area contributed by atoms with Gasteiger partial charge in [-0.25, -0.2) is 0 Å². The largest absolute Gasteiger partial charge is 0.488 e. The van der Waals surface area contributed by atoms with Gasteiger partial charge in [0.15, 0.2) is 0 Å². The van der Waals surface area contributed by atoms with Gasteiger partial charge in [0.1, 0.15) is 11.9 Å². The van der Waals surface area contributed by atoms with Gasteiger partial charge in [-0.15, -0.1) is 0 Å². The van der Waals surface area contributed by atoms with Gasteiger partial charge in [0.05, 0.1) is 18.2 Å². The molecule has 228 valence electrons. The van der Waals surface area contributed by atoms with E-state index in [1.807, 2.05) is 19.1 Å². The molecule has 1 heterocycles. The Bertz CT molecular complexity index is 1370. The minimum atomic E-state index is -0.345. The average molecular weight is 584 g/mol. The van der Waals surface area contributed by atoms with Gasteiger partial charge in [-0.3, -0.25) is 14.5 Å². The van der Waals surface area contributed by atoms with Crippen LogP contribution >= 0.6 is 0 Å². The molecule has 3 aromatic carbocycles. The van der Waals surface area contributed by atoms with Crippen molar-refractivity contribution in [2.24, 2.45) is 11.8 Å². The summed E-state index contributed by atoms with van der Waals surface area (Å²) in [5.74, 6) is 0.378. The van der Waals surface area contributed by atoms with E-state index in [4.69, 9.17) is 4.74 Å². The summed E-state index contributed by atoms with van der Waals surface area (Å²) in [6.45, 7) is 5.72. The summed E-state index contributed by atoms with van der Waals surface area (Å²) in [5.41, 5.74) is 4.62. The number of carbonyl (C=O) groups excluding carboxylic acids is 2. The van der Waals surface area contributed by atoms with Crippen LogP contribution in [0.5, 0.6) is 5.75 Å². The van der Waals surface area contributed by atoms with E-state index in [0.29, 0.717) is 30.1 Å². The Morgan fingerprint density at radius 1 is 1.02 bits per heavy atom. The number of aliphatic hydroxyl groups is 1. The number of fused-ring (bicyclic) bond motifs is 1. The number of ether oxygens (including phenoxy) is 1.